The predicted octanol–water partition coefficient (Wildman–Crippen LogP) is 16.6. The van der Waals surface area contributed by atoms with Gasteiger partial charge in [-0.05, 0) is 187 Å². The topological polar surface area (TPSA) is 19.6 Å². The van der Waals surface area contributed by atoms with Gasteiger partial charge in [-0.1, -0.05) is 156 Å². The van der Waals surface area contributed by atoms with E-state index in [-0.39, 0.29) is 39.2 Å². The third kappa shape index (κ3) is 6.34. The van der Waals surface area contributed by atoms with Crippen molar-refractivity contribution in [3.8, 4) is 11.1 Å². The zero-order valence-corrected chi connectivity index (χ0v) is 44.9. The van der Waals surface area contributed by atoms with Crippen LogP contribution in [0.2, 0.25) is 0 Å². The minimum atomic E-state index is -0.0354. The van der Waals surface area contributed by atoms with Crippen LogP contribution in [0.1, 0.15) is 160 Å². The normalized spacial score (nSPS) is 20.0. The van der Waals surface area contributed by atoms with Crippen molar-refractivity contribution in [3.63, 3.8) is 0 Å². The van der Waals surface area contributed by atoms with Gasteiger partial charge in [-0.3, -0.25) is 0 Å². The number of para-hydroxylation sites is 1. The van der Waals surface area contributed by atoms with E-state index in [0.29, 0.717) is 0 Å². The second kappa shape index (κ2) is 14.4. The molecule has 7 aromatic carbocycles. The Balaban J connectivity index is 1.20. The monoisotopic (exact) mass is 931 g/mol. The summed E-state index contributed by atoms with van der Waals surface area (Å²) in [7, 11) is 0. The molecule has 0 radical (unpaired) electrons. The Labute approximate surface area is 423 Å². The summed E-state index contributed by atoms with van der Waals surface area (Å²) in [5.41, 5.74) is 27.9. The molecule has 3 nitrogen and oxygen atoms in total. The number of anilines is 6. The molecule has 0 N–H and O–H groups in total. The van der Waals surface area contributed by atoms with Gasteiger partial charge >= 0.3 is 0 Å². The van der Waals surface area contributed by atoms with Crippen molar-refractivity contribution in [1.82, 2.24) is 0 Å². The molecule has 2 aliphatic heterocycles. The lowest BCUT2D eigenvalue weighted by Crippen LogP contribution is -2.61. The van der Waals surface area contributed by atoms with Crippen molar-refractivity contribution in [3.05, 3.63) is 160 Å². The molecule has 0 bridgehead atoms. The highest BCUT2D eigenvalue weighted by molar-refractivity contribution is 7.00. The summed E-state index contributed by atoms with van der Waals surface area (Å²) < 4.78 is 6.88. The molecule has 3 heterocycles. The van der Waals surface area contributed by atoms with Crippen LogP contribution >= 0.6 is 0 Å². The number of benzene rings is 7. The van der Waals surface area contributed by atoms with E-state index in [0.717, 1.165) is 24.0 Å². The van der Waals surface area contributed by atoms with Crippen LogP contribution in [0.15, 0.2) is 120 Å². The molecule has 1 aromatic heterocycles. The number of nitrogens with zero attached hydrogens (tertiary/aromatic N) is 2. The lowest BCUT2D eigenvalue weighted by atomic mass is 9.33. The predicted molar refractivity (Wildman–Crippen MR) is 304 cm³/mol. The van der Waals surface area contributed by atoms with Gasteiger partial charge in [0, 0.05) is 51.0 Å². The van der Waals surface area contributed by atoms with E-state index in [1.807, 2.05) is 0 Å². The molecule has 13 rings (SSSR count). The van der Waals surface area contributed by atoms with E-state index in [1.165, 1.54) is 136 Å². The molecule has 8 aromatic rings. The second-order valence-electron chi connectivity index (χ2n) is 26.7. The van der Waals surface area contributed by atoms with Crippen LogP contribution in [0.3, 0.4) is 0 Å². The molecule has 3 aliphatic carbocycles. The third-order valence-corrected chi connectivity index (χ3v) is 19.0. The highest BCUT2D eigenvalue weighted by Gasteiger charge is 2.50. The average molecular weight is 931 g/mol. The van der Waals surface area contributed by atoms with Gasteiger partial charge in [0.2, 0.25) is 0 Å². The van der Waals surface area contributed by atoms with Gasteiger partial charge in [-0.15, -0.1) is 0 Å². The molecule has 0 saturated heterocycles. The zero-order chi connectivity index (χ0) is 49.7. The molecule has 0 atom stereocenters. The Morgan fingerprint density at radius 2 is 0.817 bits per heavy atom. The molecule has 0 spiro atoms. The van der Waals surface area contributed by atoms with Crippen LogP contribution in [0, 0.1) is 13.8 Å². The maximum Gasteiger partial charge on any atom is 0.252 e. The van der Waals surface area contributed by atoms with Crippen LogP contribution in [0.25, 0.3) is 33.1 Å². The SMILES string of the molecule is Cc1cc2c(cc1N1c3cc4c(cc3B3c5cc6c(cc5N(c5cc7c(cc5C)C(C)(C)CCC7(C)C)c5cc(-c7ccccc7)cc1c53)oc1ccccc16)C(C)(C)CC4(C)C)C(C)(C)CCC2(C)C. The maximum atomic E-state index is 6.88. The van der Waals surface area contributed by atoms with Gasteiger partial charge in [0.15, 0.2) is 0 Å². The van der Waals surface area contributed by atoms with E-state index < -0.39 is 0 Å². The van der Waals surface area contributed by atoms with Gasteiger partial charge in [-0.2, -0.15) is 0 Å². The van der Waals surface area contributed by atoms with E-state index in [4.69, 9.17) is 4.42 Å². The fourth-order valence-electron chi connectivity index (χ4n) is 14.9. The van der Waals surface area contributed by atoms with Gasteiger partial charge in [0.25, 0.3) is 6.71 Å². The quantitative estimate of drug-likeness (QED) is 0.165. The molecule has 5 aliphatic rings. The zero-order valence-electron chi connectivity index (χ0n) is 44.9. The Kier molecular flexibility index (Phi) is 9.08. The second-order valence-corrected chi connectivity index (χ2v) is 26.7. The van der Waals surface area contributed by atoms with E-state index >= 15 is 0 Å². The fourth-order valence-corrected chi connectivity index (χ4v) is 14.9. The van der Waals surface area contributed by atoms with E-state index in [1.54, 1.807) is 0 Å². The molecular weight excluding hydrogens is 860 g/mol. The first-order valence-electron chi connectivity index (χ1n) is 26.7. The minimum Gasteiger partial charge on any atom is -0.456 e. The first kappa shape index (κ1) is 44.9. The Hall–Kier alpha value is -6.00. The molecule has 0 amide bonds. The van der Waals surface area contributed by atoms with Crippen LogP contribution in [0.5, 0.6) is 0 Å². The summed E-state index contributed by atoms with van der Waals surface area (Å²) in [6.07, 6.45) is 5.80. The maximum absolute atomic E-state index is 6.88. The van der Waals surface area contributed by atoms with Crippen molar-refractivity contribution in [2.24, 2.45) is 0 Å². The number of rotatable bonds is 3. The van der Waals surface area contributed by atoms with Crippen molar-refractivity contribution in [2.45, 2.75) is 162 Å². The van der Waals surface area contributed by atoms with Crippen molar-refractivity contribution in [2.75, 3.05) is 9.80 Å². The van der Waals surface area contributed by atoms with Crippen LogP contribution in [-0.2, 0) is 32.5 Å². The van der Waals surface area contributed by atoms with Gasteiger partial charge < -0.3 is 14.2 Å². The van der Waals surface area contributed by atoms with Crippen LogP contribution in [0.4, 0.5) is 34.1 Å². The largest absolute Gasteiger partial charge is 0.456 e. The lowest BCUT2D eigenvalue weighted by molar-refractivity contribution is 0.332. The molecule has 71 heavy (non-hydrogen) atoms. The summed E-state index contributed by atoms with van der Waals surface area (Å²) in [5, 5.41) is 2.35. The average Bonchev–Trinajstić information content (AvgIpc) is 3.77. The van der Waals surface area contributed by atoms with E-state index in [9.17, 15) is 0 Å². The number of hydrogen-bond acceptors (Lipinski definition) is 3. The molecule has 358 valence electrons. The Bertz CT molecular complexity index is 3620. The van der Waals surface area contributed by atoms with Crippen molar-refractivity contribution < 1.29 is 4.42 Å². The number of aryl methyl sites for hydroxylation is 2. The summed E-state index contributed by atoms with van der Waals surface area (Å²) in [6.45, 7) is 34.4. The highest BCUT2D eigenvalue weighted by atomic mass is 16.3. The number of furan rings is 1. The van der Waals surface area contributed by atoms with Crippen molar-refractivity contribution >= 4 is 79.2 Å². The van der Waals surface area contributed by atoms with E-state index in [2.05, 4.69) is 222 Å². The molecule has 0 unspecified atom stereocenters. The molecule has 0 saturated carbocycles. The third-order valence-electron chi connectivity index (χ3n) is 19.0. The number of fused-ring (bicyclic) bond motifs is 10. The summed E-state index contributed by atoms with van der Waals surface area (Å²) in [4.78, 5) is 5.42. The van der Waals surface area contributed by atoms with Crippen LogP contribution in [-0.4, -0.2) is 6.71 Å². The lowest BCUT2D eigenvalue weighted by Gasteiger charge is -2.47. The number of hydrogen-bond donors (Lipinski definition) is 0. The first-order valence-corrected chi connectivity index (χ1v) is 26.7. The molecular formula is C67H71BN2O. The Morgan fingerprint density at radius 1 is 0.380 bits per heavy atom. The van der Waals surface area contributed by atoms with Gasteiger partial charge in [0.05, 0.1) is 0 Å². The standard InChI is InChI=1S/C67H71BN2O/c1-39-28-45-48(64(7,8)26-24-62(45,3)4)34-53(39)69-55-36-50-47(66(11,12)38-67(50,13)14)33-52(55)68-51-32-44-43-22-18-19-23-59(43)71-60(44)37-56(51)70(58-31-42(30-57(69)61(58)68)41-20-16-15-17-21-41)54-35-49-46(29-40(54)2)63(5,6)25-27-65(49,9)10/h15-23,28-37H,24-27,38H2,1-14H3. The highest BCUT2D eigenvalue weighted by Crippen LogP contribution is 2.56. The Morgan fingerprint density at radius 3 is 1.37 bits per heavy atom. The smallest absolute Gasteiger partial charge is 0.252 e. The first-order chi connectivity index (χ1) is 33.5. The van der Waals surface area contributed by atoms with Crippen molar-refractivity contribution in [1.29, 1.82) is 0 Å². The minimum absolute atomic E-state index is 0.0171. The summed E-state index contributed by atoms with van der Waals surface area (Å²) >= 11 is 0. The fraction of sp³-hybridized carbons (Fsp3) is 0.373. The van der Waals surface area contributed by atoms with Crippen LogP contribution < -0.4 is 26.2 Å². The summed E-state index contributed by atoms with van der Waals surface area (Å²) in [6, 6.07) is 45.5. The molecule has 4 heteroatoms. The summed E-state index contributed by atoms with van der Waals surface area (Å²) in [5.74, 6) is 0. The molecule has 0 fully saturated rings. The van der Waals surface area contributed by atoms with Gasteiger partial charge in [-0.25, -0.2) is 0 Å². The van der Waals surface area contributed by atoms with Gasteiger partial charge in [0.1, 0.15) is 11.2 Å².